The molecule has 31 heavy (non-hydrogen) atoms. The summed E-state index contributed by atoms with van der Waals surface area (Å²) in [5.74, 6) is 1.82. The predicted molar refractivity (Wildman–Crippen MR) is 117 cm³/mol. The molecule has 2 N–H and O–H groups in total. The molecule has 1 fully saturated rings. The molecular formula is C23H27N3O5. The molecule has 2 aromatic carbocycles. The fourth-order valence-electron chi connectivity index (χ4n) is 3.86. The van der Waals surface area contributed by atoms with E-state index in [-0.39, 0.29) is 11.8 Å². The van der Waals surface area contributed by atoms with E-state index >= 15 is 0 Å². The molecule has 8 nitrogen and oxygen atoms in total. The maximum atomic E-state index is 12.6. The number of hydrogen-bond donors (Lipinski definition) is 2. The summed E-state index contributed by atoms with van der Waals surface area (Å²) in [5, 5.41) is 5.65. The van der Waals surface area contributed by atoms with Gasteiger partial charge in [-0.1, -0.05) is 6.07 Å². The molecule has 2 aromatic rings. The largest absolute Gasteiger partial charge is 0.493 e. The normalized spacial score (nSPS) is 15.0. The molecule has 1 saturated carbocycles. The van der Waals surface area contributed by atoms with Crippen LogP contribution < -0.4 is 24.8 Å². The number of rotatable bonds is 6. The zero-order chi connectivity index (χ0) is 22.0. The lowest BCUT2D eigenvalue weighted by Crippen LogP contribution is -2.36. The molecule has 0 unspecified atom stereocenters. The molecule has 0 bridgehead atoms. The number of anilines is 2. The molecule has 8 heteroatoms. The molecule has 0 radical (unpaired) electrons. The van der Waals surface area contributed by atoms with Gasteiger partial charge in [-0.25, -0.2) is 4.79 Å². The monoisotopic (exact) mass is 425 g/mol. The van der Waals surface area contributed by atoms with Crippen LogP contribution in [0.2, 0.25) is 0 Å². The van der Waals surface area contributed by atoms with Gasteiger partial charge >= 0.3 is 6.03 Å². The Hall–Kier alpha value is -3.42. The summed E-state index contributed by atoms with van der Waals surface area (Å²) < 4.78 is 16.0. The summed E-state index contributed by atoms with van der Waals surface area (Å²) in [6.07, 6.45) is 2.85. The van der Waals surface area contributed by atoms with Crippen LogP contribution in [0.4, 0.5) is 16.2 Å². The number of carbonyl (C=O) groups is 2. The van der Waals surface area contributed by atoms with Gasteiger partial charge in [-0.2, -0.15) is 0 Å². The first kappa shape index (κ1) is 20.8. The number of amides is 3. The molecular weight excluding hydrogens is 398 g/mol. The third-order valence-electron chi connectivity index (χ3n) is 5.64. The van der Waals surface area contributed by atoms with Crippen LogP contribution in [0.5, 0.6) is 17.2 Å². The molecule has 0 saturated heterocycles. The number of hydrogen-bond acceptors (Lipinski definition) is 5. The minimum absolute atomic E-state index is 0.215. The van der Waals surface area contributed by atoms with E-state index in [2.05, 4.69) is 10.6 Å². The van der Waals surface area contributed by atoms with Crippen LogP contribution >= 0.6 is 0 Å². The number of urea groups is 1. The number of benzene rings is 2. The maximum Gasteiger partial charge on any atom is 0.323 e. The highest BCUT2D eigenvalue weighted by Gasteiger charge is 2.34. The average molecular weight is 425 g/mol. The van der Waals surface area contributed by atoms with Gasteiger partial charge in [0.25, 0.3) is 0 Å². The summed E-state index contributed by atoms with van der Waals surface area (Å²) in [4.78, 5) is 26.9. The van der Waals surface area contributed by atoms with Gasteiger partial charge in [-0.3, -0.25) is 4.79 Å². The molecule has 3 amide bonds. The molecule has 1 aliphatic heterocycles. The van der Waals surface area contributed by atoms with Gasteiger partial charge in [0.2, 0.25) is 11.7 Å². The van der Waals surface area contributed by atoms with Crippen LogP contribution in [0.3, 0.4) is 0 Å². The molecule has 4 rings (SSSR count). The van der Waals surface area contributed by atoms with Crippen molar-refractivity contribution in [2.75, 3.05) is 38.5 Å². The van der Waals surface area contributed by atoms with Crippen LogP contribution in [0.25, 0.3) is 0 Å². The minimum Gasteiger partial charge on any atom is -0.493 e. The van der Waals surface area contributed by atoms with Gasteiger partial charge in [0.15, 0.2) is 11.5 Å². The molecule has 0 atom stereocenters. The number of methoxy groups -OCH3 is 3. The van der Waals surface area contributed by atoms with Crippen molar-refractivity contribution in [1.29, 1.82) is 0 Å². The maximum absolute atomic E-state index is 12.6. The molecule has 2 aliphatic rings. The Kier molecular flexibility index (Phi) is 5.88. The van der Waals surface area contributed by atoms with Crippen molar-refractivity contribution in [3.8, 4) is 17.2 Å². The van der Waals surface area contributed by atoms with Gasteiger partial charge in [0, 0.05) is 36.8 Å². The van der Waals surface area contributed by atoms with E-state index in [9.17, 15) is 9.59 Å². The molecule has 164 valence electrons. The van der Waals surface area contributed by atoms with E-state index in [0.29, 0.717) is 35.2 Å². The first-order valence-corrected chi connectivity index (χ1v) is 10.3. The Morgan fingerprint density at radius 1 is 0.903 bits per heavy atom. The quantitative estimate of drug-likeness (QED) is 0.738. The SMILES string of the molecule is COc1cc(NC(=O)Nc2ccc3c(c2)CN(C(=O)C2CC2)CC3)cc(OC)c1OC. The first-order valence-electron chi connectivity index (χ1n) is 10.3. The van der Waals surface area contributed by atoms with Crippen molar-refractivity contribution < 1.29 is 23.8 Å². The van der Waals surface area contributed by atoms with Gasteiger partial charge in [0.1, 0.15) is 0 Å². The Morgan fingerprint density at radius 2 is 1.58 bits per heavy atom. The van der Waals surface area contributed by atoms with Crippen molar-refractivity contribution in [2.24, 2.45) is 5.92 Å². The summed E-state index contributed by atoms with van der Waals surface area (Å²) >= 11 is 0. The lowest BCUT2D eigenvalue weighted by molar-refractivity contribution is -0.133. The van der Waals surface area contributed by atoms with E-state index in [4.69, 9.17) is 14.2 Å². The highest BCUT2D eigenvalue weighted by Crippen LogP contribution is 2.40. The van der Waals surface area contributed by atoms with Gasteiger partial charge in [0.05, 0.1) is 27.0 Å². The van der Waals surface area contributed by atoms with Crippen molar-refractivity contribution in [1.82, 2.24) is 4.90 Å². The Balaban J connectivity index is 1.45. The first-order chi connectivity index (χ1) is 15.0. The highest BCUT2D eigenvalue weighted by atomic mass is 16.5. The third-order valence-corrected chi connectivity index (χ3v) is 5.64. The third kappa shape index (κ3) is 4.52. The Bertz CT molecular complexity index is 978. The van der Waals surface area contributed by atoms with Gasteiger partial charge in [-0.05, 0) is 42.5 Å². The van der Waals surface area contributed by atoms with Gasteiger partial charge in [-0.15, -0.1) is 0 Å². The van der Waals surface area contributed by atoms with E-state index < -0.39 is 6.03 Å². The summed E-state index contributed by atoms with van der Waals surface area (Å²) in [6, 6.07) is 8.77. The summed E-state index contributed by atoms with van der Waals surface area (Å²) in [7, 11) is 4.56. The number of ether oxygens (including phenoxy) is 3. The summed E-state index contributed by atoms with van der Waals surface area (Å²) in [5.41, 5.74) is 3.47. The Labute approximate surface area is 181 Å². The molecule has 1 aliphatic carbocycles. The fraction of sp³-hybridized carbons (Fsp3) is 0.391. The lowest BCUT2D eigenvalue weighted by Gasteiger charge is -2.29. The van der Waals surface area contributed by atoms with Crippen LogP contribution in [-0.4, -0.2) is 44.7 Å². The van der Waals surface area contributed by atoms with Crippen molar-refractivity contribution >= 4 is 23.3 Å². The summed E-state index contributed by atoms with van der Waals surface area (Å²) in [6.45, 7) is 1.35. The standard InChI is InChI=1S/C23H27N3O5/c1-29-19-11-18(12-20(30-2)21(19)31-3)25-23(28)24-17-7-6-14-8-9-26(13-16(14)10-17)22(27)15-4-5-15/h6-7,10-12,15H,4-5,8-9,13H2,1-3H3,(H2,24,25,28). The van der Waals surface area contributed by atoms with Gasteiger partial charge < -0.3 is 29.7 Å². The van der Waals surface area contributed by atoms with Crippen molar-refractivity contribution in [2.45, 2.75) is 25.8 Å². The molecule has 0 spiro atoms. The van der Waals surface area contributed by atoms with E-state index in [1.54, 1.807) is 12.1 Å². The number of carbonyl (C=O) groups excluding carboxylic acids is 2. The van der Waals surface area contributed by atoms with E-state index in [0.717, 1.165) is 31.4 Å². The van der Waals surface area contributed by atoms with E-state index in [1.807, 2.05) is 23.1 Å². The van der Waals surface area contributed by atoms with E-state index in [1.165, 1.54) is 26.9 Å². The van der Waals surface area contributed by atoms with Crippen molar-refractivity contribution in [3.63, 3.8) is 0 Å². The average Bonchev–Trinajstić information content (AvgIpc) is 3.62. The topological polar surface area (TPSA) is 89.1 Å². The Morgan fingerprint density at radius 3 is 2.19 bits per heavy atom. The molecule has 0 aromatic heterocycles. The van der Waals surface area contributed by atoms with Crippen LogP contribution in [0, 0.1) is 5.92 Å². The highest BCUT2D eigenvalue weighted by molar-refractivity contribution is 6.00. The smallest absolute Gasteiger partial charge is 0.323 e. The van der Waals surface area contributed by atoms with Crippen LogP contribution in [0.15, 0.2) is 30.3 Å². The molecule has 1 heterocycles. The lowest BCUT2D eigenvalue weighted by atomic mass is 9.98. The fourth-order valence-corrected chi connectivity index (χ4v) is 3.86. The van der Waals surface area contributed by atoms with Crippen LogP contribution in [-0.2, 0) is 17.8 Å². The number of nitrogens with zero attached hydrogens (tertiary/aromatic N) is 1. The second-order valence-electron chi connectivity index (χ2n) is 7.76. The van der Waals surface area contributed by atoms with Crippen LogP contribution in [0.1, 0.15) is 24.0 Å². The zero-order valence-electron chi connectivity index (χ0n) is 18.0. The number of fused-ring (bicyclic) bond motifs is 1. The number of nitrogens with one attached hydrogen (secondary N) is 2. The minimum atomic E-state index is -0.393. The second kappa shape index (κ2) is 8.75. The van der Waals surface area contributed by atoms with Crippen molar-refractivity contribution in [3.05, 3.63) is 41.5 Å². The predicted octanol–water partition coefficient (Wildman–Crippen LogP) is 3.65. The zero-order valence-corrected chi connectivity index (χ0v) is 18.0. The second-order valence-corrected chi connectivity index (χ2v) is 7.76.